The average molecular weight is 377 g/mol. The molecule has 1 unspecified atom stereocenters. The van der Waals surface area contributed by atoms with Crippen LogP contribution < -0.4 is 9.47 Å². The number of hydrogen-bond acceptors (Lipinski definition) is 7. The Morgan fingerprint density at radius 1 is 1.26 bits per heavy atom. The van der Waals surface area contributed by atoms with E-state index in [1.54, 1.807) is 19.2 Å². The minimum absolute atomic E-state index is 0.0469. The quantitative estimate of drug-likeness (QED) is 0.705. The molecule has 1 N–H and O–H groups in total. The third-order valence-corrected chi connectivity index (χ3v) is 4.85. The largest absolute Gasteiger partial charge is 0.509 e. The summed E-state index contributed by atoms with van der Waals surface area (Å²) < 4.78 is 21.7. The van der Waals surface area contributed by atoms with Gasteiger partial charge in [-0.1, -0.05) is 12.1 Å². The van der Waals surface area contributed by atoms with Gasteiger partial charge in [0.05, 0.1) is 32.5 Å². The molecule has 1 fully saturated rings. The molecule has 0 aliphatic carbocycles. The first kappa shape index (κ1) is 19.7. The van der Waals surface area contributed by atoms with Crippen LogP contribution in [-0.2, 0) is 14.3 Å². The van der Waals surface area contributed by atoms with Crippen LogP contribution >= 0.6 is 0 Å². The van der Waals surface area contributed by atoms with Gasteiger partial charge in [0, 0.05) is 13.1 Å². The van der Waals surface area contributed by atoms with Crippen LogP contribution in [0.4, 0.5) is 0 Å². The summed E-state index contributed by atoms with van der Waals surface area (Å²) in [6.07, 6.45) is 1.18. The minimum Gasteiger partial charge on any atom is -0.509 e. The maximum absolute atomic E-state index is 12.4. The Bertz CT molecular complexity index is 668. The second-order valence-corrected chi connectivity index (χ2v) is 6.62. The number of aliphatic hydroxyl groups excluding tert-OH is 1. The number of aliphatic hydroxyl groups is 1. The Morgan fingerprint density at radius 3 is 2.74 bits per heavy atom. The third-order valence-electron chi connectivity index (χ3n) is 4.85. The maximum Gasteiger partial charge on any atom is 0.201 e. The lowest BCUT2D eigenvalue weighted by Crippen LogP contribution is -2.37. The summed E-state index contributed by atoms with van der Waals surface area (Å²) >= 11 is 0. The molecule has 3 rings (SSSR count). The molecule has 0 aromatic heterocycles. The second kappa shape index (κ2) is 9.73. The number of methoxy groups -OCH3 is 1. The van der Waals surface area contributed by atoms with Crippen LogP contribution in [0.1, 0.15) is 12.8 Å². The van der Waals surface area contributed by atoms with Crippen molar-refractivity contribution in [2.24, 2.45) is 0 Å². The van der Waals surface area contributed by atoms with Gasteiger partial charge in [0.1, 0.15) is 11.9 Å². The lowest BCUT2D eigenvalue weighted by atomic mass is 10.1. The molecule has 2 aliphatic rings. The molecule has 1 atom stereocenters. The van der Waals surface area contributed by atoms with E-state index in [1.807, 2.05) is 12.1 Å². The number of nitrogens with zero attached hydrogens (tertiary/aromatic N) is 1. The molecule has 2 heterocycles. The number of morpholine rings is 1. The van der Waals surface area contributed by atoms with Gasteiger partial charge in [-0.3, -0.25) is 9.69 Å². The van der Waals surface area contributed by atoms with Crippen molar-refractivity contribution in [1.82, 2.24) is 4.90 Å². The van der Waals surface area contributed by atoms with Gasteiger partial charge in [-0.25, -0.2) is 0 Å². The molecule has 2 aliphatic heterocycles. The first-order valence-corrected chi connectivity index (χ1v) is 9.31. The molecule has 0 saturated carbocycles. The van der Waals surface area contributed by atoms with E-state index in [9.17, 15) is 9.90 Å². The molecule has 1 aromatic rings. The highest BCUT2D eigenvalue weighted by Gasteiger charge is 2.30. The lowest BCUT2D eigenvalue weighted by Gasteiger charge is -2.26. The molecule has 0 radical (unpaired) electrons. The first-order valence-electron chi connectivity index (χ1n) is 9.31. The van der Waals surface area contributed by atoms with Crippen molar-refractivity contribution in [1.29, 1.82) is 0 Å². The SMILES string of the molecule is COc1ccccc1OCC(=O)C1=C(O)C(CCCN2CCOCC2)OC1. The van der Waals surface area contributed by atoms with E-state index < -0.39 is 6.10 Å². The number of rotatable bonds is 9. The molecule has 1 saturated heterocycles. The fraction of sp³-hybridized carbons (Fsp3) is 0.550. The van der Waals surface area contributed by atoms with E-state index in [2.05, 4.69) is 4.90 Å². The van der Waals surface area contributed by atoms with E-state index in [1.165, 1.54) is 0 Å². The molecule has 1 aromatic carbocycles. The van der Waals surface area contributed by atoms with Crippen molar-refractivity contribution < 1.29 is 28.8 Å². The number of hydrogen-bond donors (Lipinski definition) is 1. The van der Waals surface area contributed by atoms with Gasteiger partial charge in [0.2, 0.25) is 5.78 Å². The summed E-state index contributed by atoms with van der Waals surface area (Å²) in [6.45, 7) is 4.34. The molecular formula is C20H27NO6. The number of carbonyl (C=O) groups is 1. The van der Waals surface area contributed by atoms with Crippen LogP contribution in [0.2, 0.25) is 0 Å². The summed E-state index contributed by atoms with van der Waals surface area (Å²) in [5.74, 6) is 0.835. The number of ketones is 1. The van der Waals surface area contributed by atoms with Gasteiger partial charge >= 0.3 is 0 Å². The van der Waals surface area contributed by atoms with Crippen molar-refractivity contribution in [2.45, 2.75) is 18.9 Å². The van der Waals surface area contributed by atoms with Crippen molar-refractivity contribution in [3.05, 3.63) is 35.6 Å². The summed E-state index contributed by atoms with van der Waals surface area (Å²) in [4.78, 5) is 14.7. The van der Waals surface area contributed by atoms with E-state index >= 15 is 0 Å². The molecular weight excluding hydrogens is 350 g/mol. The van der Waals surface area contributed by atoms with Gasteiger partial charge in [0.15, 0.2) is 18.1 Å². The average Bonchev–Trinajstić information content (AvgIpc) is 3.08. The zero-order valence-electron chi connectivity index (χ0n) is 15.7. The van der Waals surface area contributed by atoms with Crippen LogP contribution in [-0.4, -0.2) is 75.1 Å². The highest BCUT2D eigenvalue weighted by Crippen LogP contribution is 2.27. The van der Waals surface area contributed by atoms with Crippen molar-refractivity contribution in [2.75, 3.05) is 53.2 Å². The van der Waals surface area contributed by atoms with Crippen LogP contribution in [0.5, 0.6) is 11.5 Å². The van der Waals surface area contributed by atoms with Gasteiger partial charge in [-0.2, -0.15) is 0 Å². The fourth-order valence-electron chi connectivity index (χ4n) is 3.27. The van der Waals surface area contributed by atoms with Crippen molar-refractivity contribution in [3.63, 3.8) is 0 Å². The number of Topliss-reactive ketones (excluding diaryl/α,β-unsaturated/α-hetero) is 1. The number of carbonyl (C=O) groups excluding carboxylic acids is 1. The van der Waals surface area contributed by atoms with Crippen LogP contribution in [0.25, 0.3) is 0 Å². The van der Waals surface area contributed by atoms with Crippen LogP contribution in [0, 0.1) is 0 Å². The van der Waals surface area contributed by atoms with E-state index in [0.717, 1.165) is 39.3 Å². The Morgan fingerprint density at radius 2 is 2.00 bits per heavy atom. The van der Waals surface area contributed by atoms with E-state index in [-0.39, 0.29) is 24.8 Å². The van der Waals surface area contributed by atoms with Crippen molar-refractivity contribution in [3.8, 4) is 11.5 Å². The highest BCUT2D eigenvalue weighted by atomic mass is 16.5. The monoisotopic (exact) mass is 377 g/mol. The van der Waals surface area contributed by atoms with Crippen molar-refractivity contribution >= 4 is 5.78 Å². The predicted molar refractivity (Wildman–Crippen MR) is 99.4 cm³/mol. The number of ether oxygens (including phenoxy) is 4. The molecule has 0 bridgehead atoms. The van der Waals surface area contributed by atoms with Crippen LogP contribution in [0.15, 0.2) is 35.6 Å². The third kappa shape index (κ3) is 5.22. The minimum atomic E-state index is -0.406. The standard InChI is InChI=1S/C20H27NO6/c1-24-17-5-2-3-6-18(17)27-14-16(22)15-13-26-19(20(15)23)7-4-8-21-9-11-25-12-10-21/h2-3,5-6,19,23H,4,7-14H2,1H3. The summed E-state index contributed by atoms with van der Waals surface area (Å²) in [5, 5.41) is 10.4. The number of benzene rings is 1. The van der Waals surface area contributed by atoms with Crippen LogP contribution in [0.3, 0.4) is 0 Å². The molecule has 0 spiro atoms. The fourth-order valence-corrected chi connectivity index (χ4v) is 3.27. The lowest BCUT2D eigenvalue weighted by molar-refractivity contribution is -0.117. The molecule has 27 heavy (non-hydrogen) atoms. The summed E-state index contributed by atoms with van der Waals surface area (Å²) in [5.41, 5.74) is 0.307. The normalized spacial score (nSPS) is 20.7. The molecule has 7 heteroatoms. The maximum atomic E-state index is 12.4. The summed E-state index contributed by atoms with van der Waals surface area (Å²) in [6, 6.07) is 7.14. The zero-order chi connectivity index (χ0) is 19.1. The molecule has 0 amide bonds. The topological polar surface area (TPSA) is 77.5 Å². The van der Waals surface area contributed by atoms with Gasteiger partial charge in [0.25, 0.3) is 0 Å². The Kier molecular flexibility index (Phi) is 7.09. The van der Waals surface area contributed by atoms with Gasteiger partial charge < -0.3 is 24.1 Å². The second-order valence-electron chi connectivity index (χ2n) is 6.62. The van der Waals surface area contributed by atoms with E-state index in [4.69, 9.17) is 18.9 Å². The van der Waals surface area contributed by atoms with E-state index in [0.29, 0.717) is 23.5 Å². The molecule has 148 valence electrons. The Labute approximate surface area is 159 Å². The van der Waals surface area contributed by atoms with Gasteiger partial charge in [-0.05, 0) is 31.5 Å². The Balaban J connectivity index is 1.47. The number of para-hydroxylation sites is 2. The Hall–Kier alpha value is -2.09. The molecule has 7 nitrogen and oxygen atoms in total. The van der Waals surface area contributed by atoms with Gasteiger partial charge in [-0.15, -0.1) is 0 Å². The highest BCUT2D eigenvalue weighted by molar-refractivity contribution is 5.97. The summed E-state index contributed by atoms with van der Waals surface area (Å²) in [7, 11) is 1.55. The first-order chi connectivity index (χ1) is 13.2. The zero-order valence-corrected chi connectivity index (χ0v) is 15.7. The smallest absolute Gasteiger partial charge is 0.201 e. The predicted octanol–water partition coefficient (Wildman–Crippen LogP) is 1.97.